The molecule has 1 amide bonds. The Balaban J connectivity index is 1.56. The molecule has 0 bridgehead atoms. The van der Waals surface area contributed by atoms with Crippen LogP contribution in [0.15, 0.2) is 96.2 Å². The van der Waals surface area contributed by atoms with E-state index in [4.69, 9.17) is 5.10 Å². The Morgan fingerprint density at radius 2 is 1.62 bits per heavy atom. The summed E-state index contributed by atoms with van der Waals surface area (Å²) in [6, 6.07) is 26.1. The van der Waals surface area contributed by atoms with Crippen molar-refractivity contribution in [2.24, 2.45) is 0 Å². The highest BCUT2D eigenvalue weighted by Gasteiger charge is 2.27. The number of hydrogen-bond acceptors (Lipinski definition) is 3. The molecule has 158 valence electrons. The van der Waals surface area contributed by atoms with Crippen LogP contribution in [0, 0.1) is 5.82 Å². The molecule has 1 saturated heterocycles. The van der Waals surface area contributed by atoms with E-state index >= 15 is 0 Å². The van der Waals surface area contributed by atoms with Crippen molar-refractivity contribution in [2.45, 2.75) is 6.54 Å². The molecule has 1 fully saturated rings. The van der Waals surface area contributed by atoms with Crippen molar-refractivity contribution < 1.29 is 9.18 Å². The summed E-state index contributed by atoms with van der Waals surface area (Å²) in [5, 5.41) is 5.67. The maximum Gasteiger partial charge on any atom is 0.238 e. The third-order valence-corrected chi connectivity index (χ3v) is 6.28. The van der Waals surface area contributed by atoms with Gasteiger partial charge in [0.15, 0.2) is 0 Å². The predicted molar refractivity (Wildman–Crippen MR) is 126 cm³/mol. The van der Waals surface area contributed by atoms with E-state index in [1.807, 2.05) is 82.5 Å². The van der Waals surface area contributed by atoms with E-state index < -0.39 is 0 Å². The van der Waals surface area contributed by atoms with E-state index in [-0.39, 0.29) is 11.7 Å². The Bertz CT molecular complexity index is 1270. The van der Waals surface area contributed by atoms with E-state index in [0.29, 0.717) is 12.3 Å². The smallest absolute Gasteiger partial charge is 0.238 e. The number of amides is 1. The van der Waals surface area contributed by atoms with E-state index in [0.717, 1.165) is 33.1 Å². The first kappa shape index (κ1) is 20.3. The molecule has 3 aromatic carbocycles. The second-order valence-corrected chi connectivity index (χ2v) is 8.45. The van der Waals surface area contributed by atoms with Crippen molar-refractivity contribution in [1.82, 2.24) is 14.7 Å². The van der Waals surface area contributed by atoms with Gasteiger partial charge in [0.25, 0.3) is 0 Å². The number of hydrogen-bond donors (Lipinski definition) is 0. The van der Waals surface area contributed by atoms with Gasteiger partial charge in [0, 0.05) is 17.3 Å². The lowest BCUT2D eigenvalue weighted by Gasteiger charge is -2.17. The number of aromatic nitrogens is 2. The Hall–Kier alpha value is -3.64. The molecule has 0 N–H and O–H groups in total. The van der Waals surface area contributed by atoms with Crippen molar-refractivity contribution in [3.05, 3.63) is 113 Å². The van der Waals surface area contributed by atoms with Crippen LogP contribution < -0.4 is 0 Å². The van der Waals surface area contributed by atoms with E-state index in [9.17, 15) is 9.18 Å². The van der Waals surface area contributed by atoms with Gasteiger partial charge in [-0.1, -0.05) is 60.3 Å². The summed E-state index contributed by atoms with van der Waals surface area (Å²) in [4.78, 5) is 14.4. The summed E-state index contributed by atoms with van der Waals surface area (Å²) in [7, 11) is 0. The van der Waals surface area contributed by atoms with E-state index in [1.54, 1.807) is 12.1 Å². The largest absolute Gasteiger partial charge is 0.302 e. The molecular formula is C26H20FN3OS. The molecule has 0 atom stereocenters. The molecule has 0 spiro atoms. The molecule has 4 nitrogen and oxygen atoms in total. The van der Waals surface area contributed by atoms with Gasteiger partial charge in [0.05, 0.1) is 23.0 Å². The van der Waals surface area contributed by atoms with Gasteiger partial charge >= 0.3 is 0 Å². The van der Waals surface area contributed by atoms with Crippen molar-refractivity contribution >= 4 is 23.7 Å². The van der Waals surface area contributed by atoms with Gasteiger partial charge in [-0.2, -0.15) is 5.10 Å². The highest BCUT2D eigenvalue weighted by Crippen LogP contribution is 2.34. The molecule has 0 radical (unpaired) electrons. The predicted octanol–water partition coefficient (Wildman–Crippen LogP) is 5.75. The fourth-order valence-corrected chi connectivity index (χ4v) is 4.60. The van der Waals surface area contributed by atoms with Gasteiger partial charge in [-0.3, -0.25) is 4.79 Å². The van der Waals surface area contributed by atoms with Gasteiger partial charge < -0.3 is 4.90 Å². The zero-order valence-electron chi connectivity index (χ0n) is 17.2. The van der Waals surface area contributed by atoms with Crippen molar-refractivity contribution in [3.8, 4) is 16.9 Å². The standard InChI is InChI=1S/C26H20FN3OS/c27-22-13-11-20(12-14-22)26-21(17-30(28-26)23-9-5-2-6-10-23)15-25-29(24(31)18-32-25)16-19-7-3-1-4-8-19/h1-15,17H,16,18H2/b25-15+. The SMILES string of the molecule is O=C1CS/C(=C/c2cn(-c3ccccc3)nc2-c2ccc(F)cc2)N1Cc1ccccc1. The Morgan fingerprint density at radius 1 is 0.938 bits per heavy atom. The van der Waals surface area contributed by atoms with Crippen LogP contribution in [0.2, 0.25) is 0 Å². The van der Waals surface area contributed by atoms with Crippen molar-refractivity contribution in [3.63, 3.8) is 0 Å². The molecule has 0 aliphatic carbocycles. The first-order valence-corrected chi connectivity index (χ1v) is 11.3. The lowest BCUT2D eigenvalue weighted by molar-refractivity contribution is -0.125. The highest BCUT2D eigenvalue weighted by molar-refractivity contribution is 8.04. The van der Waals surface area contributed by atoms with Crippen LogP contribution in [0.5, 0.6) is 0 Å². The second kappa shape index (κ2) is 8.85. The normalized spacial score (nSPS) is 15.0. The number of rotatable bonds is 5. The Labute approximate surface area is 190 Å². The summed E-state index contributed by atoms with van der Waals surface area (Å²) in [5.41, 5.74) is 4.43. The summed E-state index contributed by atoms with van der Waals surface area (Å²) >= 11 is 1.52. The molecular weight excluding hydrogens is 421 g/mol. The molecule has 1 aromatic heterocycles. The lowest BCUT2D eigenvalue weighted by Crippen LogP contribution is -2.23. The average Bonchev–Trinajstić information content (AvgIpc) is 3.40. The zero-order valence-corrected chi connectivity index (χ0v) is 18.0. The quantitative estimate of drug-likeness (QED) is 0.396. The summed E-state index contributed by atoms with van der Waals surface area (Å²) in [5.74, 6) is 0.211. The maximum absolute atomic E-state index is 13.5. The minimum absolute atomic E-state index is 0.0869. The van der Waals surface area contributed by atoms with Crippen LogP contribution in [0.3, 0.4) is 0 Å². The number of halogens is 1. The topological polar surface area (TPSA) is 38.1 Å². The zero-order chi connectivity index (χ0) is 21.9. The van der Waals surface area contributed by atoms with Crippen molar-refractivity contribution in [2.75, 3.05) is 5.75 Å². The van der Waals surface area contributed by atoms with E-state index in [2.05, 4.69) is 0 Å². The minimum atomic E-state index is -0.290. The number of para-hydroxylation sites is 1. The summed E-state index contributed by atoms with van der Waals surface area (Å²) in [6.07, 6.45) is 3.95. The van der Waals surface area contributed by atoms with Gasteiger partial charge in [-0.05, 0) is 48.0 Å². The Morgan fingerprint density at radius 3 is 2.34 bits per heavy atom. The number of nitrogens with zero attached hydrogens (tertiary/aromatic N) is 3. The Kier molecular flexibility index (Phi) is 5.60. The second-order valence-electron chi connectivity index (χ2n) is 7.46. The molecule has 1 aliphatic rings. The van der Waals surface area contributed by atoms with Crippen LogP contribution in [0.25, 0.3) is 23.0 Å². The average molecular weight is 442 g/mol. The van der Waals surface area contributed by atoms with Crippen LogP contribution in [-0.4, -0.2) is 26.3 Å². The fourth-order valence-electron chi connectivity index (χ4n) is 3.64. The van der Waals surface area contributed by atoms with Gasteiger partial charge in [0.1, 0.15) is 11.5 Å². The van der Waals surface area contributed by atoms with Crippen molar-refractivity contribution in [1.29, 1.82) is 0 Å². The number of thioether (sulfide) groups is 1. The summed E-state index contributed by atoms with van der Waals surface area (Å²) in [6.45, 7) is 0.525. The molecule has 2 heterocycles. The first-order valence-electron chi connectivity index (χ1n) is 10.3. The van der Waals surface area contributed by atoms with Crippen LogP contribution in [-0.2, 0) is 11.3 Å². The first-order chi connectivity index (χ1) is 15.7. The molecule has 4 aromatic rings. The number of carbonyl (C=O) groups excluding carboxylic acids is 1. The van der Waals surface area contributed by atoms with Crippen LogP contribution in [0.4, 0.5) is 4.39 Å². The molecule has 5 rings (SSSR count). The highest BCUT2D eigenvalue weighted by atomic mass is 32.2. The monoisotopic (exact) mass is 441 g/mol. The molecule has 0 saturated carbocycles. The lowest BCUT2D eigenvalue weighted by atomic mass is 10.1. The number of carbonyl (C=O) groups is 1. The molecule has 6 heteroatoms. The van der Waals surface area contributed by atoms with Gasteiger partial charge in [-0.15, -0.1) is 0 Å². The molecule has 32 heavy (non-hydrogen) atoms. The summed E-state index contributed by atoms with van der Waals surface area (Å²) < 4.78 is 15.3. The van der Waals surface area contributed by atoms with Gasteiger partial charge in [-0.25, -0.2) is 9.07 Å². The molecule has 0 unspecified atom stereocenters. The van der Waals surface area contributed by atoms with Crippen LogP contribution >= 0.6 is 11.8 Å². The third-order valence-electron chi connectivity index (χ3n) is 5.25. The fraction of sp³-hybridized carbons (Fsp3) is 0.0769. The third kappa shape index (κ3) is 4.22. The van der Waals surface area contributed by atoms with Gasteiger partial charge in [0.2, 0.25) is 5.91 Å². The minimum Gasteiger partial charge on any atom is -0.302 e. The van der Waals surface area contributed by atoms with E-state index in [1.165, 1.54) is 23.9 Å². The molecule has 1 aliphatic heterocycles. The number of benzene rings is 3. The van der Waals surface area contributed by atoms with Crippen LogP contribution in [0.1, 0.15) is 11.1 Å². The maximum atomic E-state index is 13.5.